The molecule has 1 fully saturated rings. The van der Waals surface area contributed by atoms with Gasteiger partial charge in [-0.15, -0.1) is 0 Å². The van der Waals surface area contributed by atoms with Gasteiger partial charge in [-0.3, -0.25) is 0 Å². The van der Waals surface area contributed by atoms with E-state index in [-0.39, 0.29) is 0 Å². The molecular weight excluding hydrogens is 236 g/mol. The molecule has 0 saturated heterocycles. The average molecular weight is 256 g/mol. The Labute approximate surface area is 114 Å². The topological polar surface area (TPSA) is 34.1 Å². The Hall–Kier alpha value is -1.77. The number of hydrogen-bond acceptors (Lipinski definition) is 3. The molecule has 3 nitrogen and oxygen atoms in total. The van der Waals surface area contributed by atoms with Crippen LogP contribution in [0.2, 0.25) is 0 Å². The number of ether oxygens (including phenoxy) is 1. The Morgan fingerprint density at radius 2 is 2.16 bits per heavy atom. The van der Waals surface area contributed by atoms with E-state index in [4.69, 9.17) is 4.74 Å². The summed E-state index contributed by atoms with van der Waals surface area (Å²) < 4.78 is 5.31. The predicted octanol–water partition coefficient (Wildman–Crippen LogP) is 3.84. The van der Waals surface area contributed by atoms with Gasteiger partial charge in [0, 0.05) is 17.6 Å². The maximum atomic E-state index is 5.31. The zero-order valence-electron chi connectivity index (χ0n) is 11.5. The predicted molar refractivity (Wildman–Crippen MR) is 78.7 cm³/mol. The van der Waals surface area contributed by atoms with Gasteiger partial charge < -0.3 is 10.1 Å². The van der Waals surface area contributed by atoms with Crippen molar-refractivity contribution in [1.82, 2.24) is 4.98 Å². The number of nitrogens with one attached hydrogen (secondary N) is 1. The molecule has 3 rings (SSSR count). The molecule has 0 radical (unpaired) electrons. The number of rotatable bonds is 4. The fourth-order valence-electron chi connectivity index (χ4n) is 2.66. The van der Waals surface area contributed by atoms with E-state index < -0.39 is 0 Å². The smallest absolute Gasteiger partial charge is 0.134 e. The van der Waals surface area contributed by atoms with E-state index in [1.54, 1.807) is 7.11 Å². The van der Waals surface area contributed by atoms with Gasteiger partial charge in [0.15, 0.2) is 0 Å². The minimum Gasteiger partial charge on any atom is -0.497 e. The second-order valence-corrected chi connectivity index (χ2v) is 5.37. The van der Waals surface area contributed by atoms with Gasteiger partial charge in [-0.2, -0.15) is 0 Å². The van der Waals surface area contributed by atoms with E-state index in [1.807, 2.05) is 18.3 Å². The van der Waals surface area contributed by atoms with E-state index in [2.05, 4.69) is 29.4 Å². The lowest BCUT2D eigenvalue weighted by Crippen LogP contribution is -2.31. The third-order valence-corrected chi connectivity index (χ3v) is 4.19. The van der Waals surface area contributed by atoms with Gasteiger partial charge in [-0.25, -0.2) is 4.98 Å². The van der Waals surface area contributed by atoms with Crippen molar-refractivity contribution >= 4 is 16.6 Å². The van der Waals surface area contributed by atoms with Crippen LogP contribution in [0.1, 0.15) is 26.2 Å². The summed E-state index contributed by atoms with van der Waals surface area (Å²) >= 11 is 0. The van der Waals surface area contributed by atoms with Gasteiger partial charge >= 0.3 is 0 Å². The summed E-state index contributed by atoms with van der Waals surface area (Å²) in [5.41, 5.74) is 0. The molecule has 0 aliphatic heterocycles. The van der Waals surface area contributed by atoms with Gasteiger partial charge in [-0.05, 0) is 49.3 Å². The monoisotopic (exact) mass is 256 g/mol. The first kappa shape index (κ1) is 12.3. The van der Waals surface area contributed by atoms with Crippen LogP contribution >= 0.6 is 0 Å². The number of pyridine rings is 1. The van der Waals surface area contributed by atoms with Crippen molar-refractivity contribution in [3.8, 4) is 5.75 Å². The largest absolute Gasteiger partial charge is 0.497 e. The Kier molecular flexibility index (Phi) is 3.28. The van der Waals surface area contributed by atoms with E-state index >= 15 is 0 Å². The molecule has 0 amide bonds. The van der Waals surface area contributed by atoms with Crippen molar-refractivity contribution in [3.63, 3.8) is 0 Å². The minimum atomic E-state index is 0.484. The molecule has 1 saturated carbocycles. The van der Waals surface area contributed by atoms with Crippen LogP contribution in [0, 0.1) is 5.92 Å². The lowest BCUT2D eigenvalue weighted by molar-refractivity contribution is 0.285. The quantitative estimate of drug-likeness (QED) is 0.902. The van der Waals surface area contributed by atoms with Crippen LogP contribution in [-0.4, -0.2) is 18.1 Å². The summed E-state index contributed by atoms with van der Waals surface area (Å²) in [5.74, 6) is 2.64. The Balaban J connectivity index is 1.92. The fourth-order valence-corrected chi connectivity index (χ4v) is 2.66. The van der Waals surface area contributed by atoms with Crippen LogP contribution < -0.4 is 10.1 Å². The molecule has 1 aliphatic carbocycles. The van der Waals surface area contributed by atoms with E-state index in [9.17, 15) is 0 Å². The first-order valence-corrected chi connectivity index (χ1v) is 6.97. The van der Waals surface area contributed by atoms with Crippen molar-refractivity contribution < 1.29 is 4.74 Å². The Bertz CT molecular complexity index is 578. The van der Waals surface area contributed by atoms with Gasteiger partial charge in [0.2, 0.25) is 0 Å². The first-order valence-electron chi connectivity index (χ1n) is 6.97. The van der Waals surface area contributed by atoms with Crippen LogP contribution in [0.25, 0.3) is 10.8 Å². The van der Waals surface area contributed by atoms with Crippen molar-refractivity contribution in [3.05, 3.63) is 30.5 Å². The number of fused-ring (bicyclic) bond motifs is 1. The summed E-state index contributed by atoms with van der Waals surface area (Å²) in [4.78, 5) is 4.50. The number of hydrogen-bond donors (Lipinski definition) is 1. The lowest BCUT2D eigenvalue weighted by atomic mass is 9.80. The SMILES string of the molecule is COc1ccc2ccnc(NC(C)C3CCC3)c2c1. The molecule has 1 aliphatic rings. The van der Waals surface area contributed by atoms with Crippen LogP contribution in [0.5, 0.6) is 5.75 Å². The van der Waals surface area contributed by atoms with Gasteiger partial charge in [0.1, 0.15) is 11.6 Å². The molecule has 1 aromatic carbocycles. The highest BCUT2D eigenvalue weighted by Gasteiger charge is 2.24. The van der Waals surface area contributed by atoms with Crippen LogP contribution in [0.4, 0.5) is 5.82 Å². The highest BCUT2D eigenvalue weighted by Crippen LogP contribution is 2.32. The number of anilines is 1. The van der Waals surface area contributed by atoms with Gasteiger partial charge in [-0.1, -0.05) is 12.5 Å². The maximum Gasteiger partial charge on any atom is 0.134 e. The summed E-state index contributed by atoms with van der Waals surface area (Å²) in [6, 6.07) is 8.64. The molecule has 1 heterocycles. The maximum absolute atomic E-state index is 5.31. The third-order valence-electron chi connectivity index (χ3n) is 4.19. The molecule has 0 spiro atoms. The van der Waals surface area contributed by atoms with E-state index in [0.717, 1.165) is 22.9 Å². The van der Waals surface area contributed by atoms with Gasteiger partial charge in [0.05, 0.1) is 7.11 Å². The second-order valence-electron chi connectivity index (χ2n) is 5.37. The standard InChI is InChI=1S/C16H20N2O/c1-11(12-4-3-5-12)18-16-15-10-14(19-2)7-6-13(15)8-9-17-16/h6-12H,3-5H2,1-2H3,(H,17,18). The molecule has 3 heteroatoms. The highest BCUT2D eigenvalue weighted by molar-refractivity contribution is 5.92. The second kappa shape index (κ2) is 5.08. The normalized spacial score (nSPS) is 16.9. The number of methoxy groups -OCH3 is 1. The molecular formula is C16H20N2O. The number of benzene rings is 1. The Morgan fingerprint density at radius 3 is 2.84 bits per heavy atom. The molecule has 0 bridgehead atoms. The van der Waals surface area contributed by atoms with Crippen molar-refractivity contribution in [2.45, 2.75) is 32.2 Å². The van der Waals surface area contributed by atoms with Crippen molar-refractivity contribution in [1.29, 1.82) is 0 Å². The zero-order valence-corrected chi connectivity index (χ0v) is 11.5. The fraction of sp³-hybridized carbons (Fsp3) is 0.438. The minimum absolute atomic E-state index is 0.484. The van der Waals surface area contributed by atoms with Crippen LogP contribution in [0.15, 0.2) is 30.5 Å². The molecule has 19 heavy (non-hydrogen) atoms. The summed E-state index contributed by atoms with van der Waals surface area (Å²) in [7, 11) is 1.70. The van der Waals surface area contributed by atoms with Crippen LogP contribution in [0.3, 0.4) is 0 Å². The summed E-state index contributed by atoms with van der Waals surface area (Å²) in [5, 5.41) is 5.90. The van der Waals surface area contributed by atoms with Crippen molar-refractivity contribution in [2.75, 3.05) is 12.4 Å². The molecule has 1 atom stereocenters. The Morgan fingerprint density at radius 1 is 1.32 bits per heavy atom. The number of nitrogens with zero attached hydrogens (tertiary/aromatic N) is 1. The van der Waals surface area contributed by atoms with E-state index in [1.165, 1.54) is 24.6 Å². The zero-order chi connectivity index (χ0) is 13.2. The van der Waals surface area contributed by atoms with E-state index in [0.29, 0.717) is 6.04 Å². The molecule has 1 unspecified atom stereocenters. The van der Waals surface area contributed by atoms with Crippen molar-refractivity contribution in [2.24, 2.45) is 5.92 Å². The summed E-state index contributed by atoms with van der Waals surface area (Å²) in [6.07, 6.45) is 5.91. The first-order chi connectivity index (χ1) is 9.28. The number of aromatic nitrogens is 1. The van der Waals surface area contributed by atoms with Gasteiger partial charge in [0.25, 0.3) is 0 Å². The average Bonchev–Trinajstić information content (AvgIpc) is 2.36. The molecule has 2 aromatic rings. The molecule has 1 N–H and O–H groups in total. The third kappa shape index (κ3) is 2.37. The summed E-state index contributed by atoms with van der Waals surface area (Å²) in [6.45, 7) is 2.25. The molecule has 1 aromatic heterocycles. The van der Waals surface area contributed by atoms with Crippen LogP contribution in [-0.2, 0) is 0 Å². The highest BCUT2D eigenvalue weighted by atomic mass is 16.5. The molecule has 100 valence electrons. The lowest BCUT2D eigenvalue weighted by Gasteiger charge is -2.32.